The molecule has 0 aliphatic rings. The predicted octanol–water partition coefficient (Wildman–Crippen LogP) is 4.70. The number of carbonyl (C=O) groups is 1. The van der Waals surface area contributed by atoms with Gasteiger partial charge in [0, 0.05) is 11.1 Å². The lowest BCUT2D eigenvalue weighted by Gasteiger charge is -2.12. The Balaban J connectivity index is 1.72. The van der Waals surface area contributed by atoms with E-state index in [1.807, 2.05) is 38.1 Å². The highest BCUT2D eigenvalue weighted by Crippen LogP contribution is 2.22. The van der Waals surface area contributed by atoms with Crippen molar-refractivity contribution in [2.45, 2.75) is 13.8 Å². The van der Waals surface area contributed by atoms with Gasteiger partial charge >= 0.3 is 6.03 Å². The summed E-state index contributed by atoms with van der Waals surface area (Å²) in [6.45, 7) is 3.99. The molecule has 0 saturated carbocycles. The summed E-state index contributed by atoms with van der Waals surface area (Å²) < 4.78 is 0. The van der Waals surface area contributed by atoms with Crippen LogP contribution in [0.4, 0.5) is 16.3 Å². The third-order valence-electron chi connectivity index (χ3n) is 3.57. The molecule has 0 aliphatic heterocycles. The maximum absolute atomic E-state index is 12.0. The lowest BCUT2D eigenvalue weighted by Crippen LogP contribution is -2.34. The SMILES string of the molecule is Cc1cc(NNC(=O)Nc2cc(Cl)nc(Cl)c2)nc2c(C)cccc12. The molecule has 8 heteroatoms. The number of aromatic nitrogens is 2. The van der Waals surface area contributed by atoms with Crippen molar-refractivity contribution in [1.82, 2.24) is 15.4 Å². The Morgan fingerprint density at radius 2 is 1.72 bits per heavy atom. The summed E-state index contributed by atoms with van der Waals surface area (Å²) >= 11 is 11.6. The van der Waals surface area contributed by atoms with Crippen molar-refractivity contribution in [3.63, 3.8) is 0 Å². The average molecular weight is 376 g/mol. The number of nitrogens with one attached hydrogen (secondary N) is 3. The van der Waals surface area contributed by atoms with Gasteiger partial charge in [0.2, 0.25) is 0 Å². The Kier molecular flexibility index (Phi) is 4.92. The van der Waals surface area contributed by atoms with Gasteiger partial charge in [0.05, 0.1) is 5.52 Å². The summed E-state index contributed by atoms with van der Waals surface area (Å²) in [5, 5.41) is 4.07. The summed E-state index contributed by atoms with van der Waals surface area (Å²) in [7, 11) is 0. The molecule has 2 aromatic heterocycles. The summed E-state index contributed by atoms with van der Waals surface area (Å²) in [6, 6.07) is 10.4. The molecule has 0 aliphatic carbocycles. The zero-order valence-corrected chi connectivity index (χ0v) is 15.0. The van der Waals surface area contributed by atoms with E-state index in [9.17, 15) is 4.79 Å². The summed E-state index contributed by atoms with van der Waals surface area (Å²) in [6.07, 6.45) is 0. The molecule has 0 saturated heterocycles. The van der Waals surface area contributed by atoms with E-state index >= 15 is 0 Å². The van der Waals surface area contributed by atoms with E-state index in [4.69, 9.17) is 23.2 Å². The smallest absolute Gasteiger partial charge is 0.306 e. The van der Waals surface area contributed by atoms with Crippen molar-refractivity contribution in [1.29, 1.82) is 0 Å². The third-order valence-corrected chi connectivity index (χ3v) is 3.96. The quantitative estimate of drug-likeness (QED) is 0.457. The number of fused-ring (bicyclic) bond motifs is 1. The minimum Gasteiger partial charge on any atom is -0.306 e. The second-order valence-electron chi connectivity index (χ2n) is 5.50. The first-order valence-corrected chi connectivity index (χ1v) is 8.21. The Bertz CT molecular complexity index is 941. The van der Waals surface area contributed by atoms with Crippen LogP contribution < -0.4 is 16.2 Å². The van der Waals surface area contributed by atoms with Crippen LogP contribution in [0.2, 0.25) is 10.3 Å². The van der Waals surface area contributed by atoms with E-state index in [1.54, 1.807) is 0 Å². The standard InChI is InChI=1S/C17H15Cl2N5O/c1-9-4-3-5-12-10(2)6-15(22-16(9)12)23-24-17(25)20-11-7-13(18)21-14(19)8-11/h3-8H,1-2H3,(H,22,23)(H2,20,21,24,25). The molecule has 0 fully saturated rings. The van der Waals surface area contributed by atoms with Crippen LogP contribution in [0.25, 0.3) is 10.9 Å². The van der Waals surface area contributed by atoms with E-state index in [0.29, 0.717) is 11.5 Å². The highest BCUT2D eigenvalue weighted by atomic mass is 35.5. The molecule has 3 aromatic rings. The van der Waals surface area contributed by atoms with Crippen molar-refractivity contribution in [2.24, 2.45) is 0 Å². The van der Waals surface area contributed by atoms with Gasteiger partial charge in [0.25, 0.3) is 0 Å². The topological polar surface area (TPSA) is 78.9 Å². The number of benzene rings is 1. The molecular weight excluding hydrogens is 361 g/mol. The second kappa shape index (κ2) is 7.13. The maximum atomic E-state index is 12.0. The first kappa shape index (κ1) is 17.3. The fourth-order valence-corrected chi connectivity index (χ4v) is 2.91. The van der Waals surface area contributed by atoms with Crippen LogP contribution in [0.5, 0.6) is 0 Å². The molecule has 0 atom stereocenters. The van der Waals surface area contributed by atoms with E-state index in [0.717, 1.165) is 22.0 Å². The molecular formula is C17H15Cl2N5O. The first-order valence-electron chi connectivity index (χ1n) is 7.45. The van der Waals surface area contributed by atoms with Crippen molar-refractivity contribution in [2.75, 3.05) is 10.7 Å². The van der Waals surface area contributed by atoms with Crippen molar-refractivity contribution >= 4 is 51.6 Å². The summed E-state index contributed by atoms with van der Waals surface area (Å²) in [5.41, 5.74) is 8.78. The van der Waals surface area contributed by atoms with Crippen LogP contribution in [0.3, 0.4) is 0 Å². The third kappa shape index (κ3) is 4.10. The van der Waals surface area contributed by atoms with Crippen LogP contribution in [0.15, 0.2) is 36.4 Å². The van der Waals surface area contributed by atoms with Gasteiger partial charge in [0.1, 0.15) is 16.1 Å². The van der Waals surface area contributed by atoms with E-state index < -0.39 is 6.03 Å². The Hall–Kier alpha value is -2.57. The molecule has 2 amide bonds. The number of para-hydroxylation sites is 1. The van der Waals surface area contributed by atoms with Crippen LogP contribution in [-0.2, 0) is 0 Å². The van der Waals surface area contributed by atoms with Crippen LogP contribution in [0.1, 0.15) is 11.1 Å². The van der Waals surface area contributed by atoms with Crippen LogP contribution >= 0.6 is 23.2 Å². The number of nitrogens with zero attached hydrogens (tertiary/aromatic N) is 2. The van der Waals surface area contributed by atoms with Gasteiger partial charge in [0.15, 0.2) is 0 Å². The highest BCUT2D eigenvalue weighted by molar-refractivity contribution is 6.32. The van der Waals surface area contributed by atoms with E-state index in [1.165, 1.54) is 12.1 Å². The minimum atomic E-state index is -0.484. The largest absolute Gasteiger partial charge is 0.337 e. The zero-order chi connectivity index (χ0) is 18.0. The summed E-state index contributed by atoms with van der Waals surface area (Å²) in [5.74, 6) is 0.542. The number of hydrogen-bond donors (Lipinski definition) is 3. The molecule has 0 unspecified atom stereocenters. The molecule has 128 valence electrons. The molecule has 3 rings (SSSR count). The minimum absolute atomic E-state index is 0.193. The van der Waals surface area contributed by atoms with Gasteiger partial charge in [-0.15, -0.1) is 0 Å². The number of anilines is 2. The fourth-order valence-electron chi connectivity index (χ4n) is 2.45. The number of pyridine rings is 2. The fraction of sp³-hybridized carbons (Fsp3) is 0.118. The summed E-state index contributed by atoms with van der Waals surface area (Å²) in [4.78, 5) is 20.4. The number of carbonyl (C=O) groups excluding carboxylic acids is 1. The molecule has 25 heavy (non-hydrogen) atoms. The molecule has 1 aromatic carbocycles. The first-order chi connectivity index (χ1) is 11.9. The predicted molar refractivity (Wildman–Crippen MR) is 101 cm³/mol. The van der Waals surface area contributed by atoms with Gasteiger partial charge in [-0.3, -0.25) is 10.9 Å². The van der Waals surface area contributed by atoms with Gasteiger partial charge in [-0.2, -0.15) is 0 Å². The lowest BCUT2D eigenvalue weighted by atomic mass is 10.1. The number of halogens is 2. The highest BCUT2D eigenvalue weighted by Gasteiger charge is 2.07. The molecule has 0 bridgehead atoms. The number of aryl methyl sites for hydroxylation is 2. The second-order valence-corrected chi connectivity index (χ2v) is 6.28. The van der Waals surface area contributed by atoms with E-state index in [-0.39, 0.29) is 10.3 Å². The Morgan fingerprint density at radius 1 is 1.00 bits per heavy atom. The van der Waals surface area contributed by atoms with Gasteiger partial charge in [-0.1, -0.05) is 41.4 Å². The number of hydrazine groups is 1. The van der Waals surface area contributed by atoms with Gasteiger partial charge in [-0.25, -0.2) is 14.8 Å². The monoisotopic (exact) mass is 375 g/mol. The number of amides is 2. The average Bonchev–Trinajstić information content (AvgIpc) is 2.53. The Morgan fingerprint density at radius 3 is 2.44 bits per heavy atom. The molecule has 6 nitrogen and oxygen atoms in total. The van der Waals surface area contributed by atoms with E-state index in [2.05, 4.69) is 26.1 Å². The van der Waals surface area contributed by atoms with Crippen molar-refractivity contribution < 1.29 is 4.79 Å². The molecule has 3 N–H and O–H groups in total. The normalized spacial score (nSPS) is 10.6. The zero-order valence-electron chi connectivity index (χ0n) is 13.5. The maximum Gasteiger partial charge on any atom is 0.337 e. The molecule has 0 radical (unpaired) electrons. The van der Waals surface area contributed by atoms with Crippen molar-refractivity contribution in [3.05, 3.63) is 57.8 Å². The van der Waals surface area contributed by atoms with Gasteiger partial charge < -0.3 is 5.32 Å². The van der Waals surface area contributed by atoms with Crippen molar-refractivity contribution in [3.8, 4) is 0 Å². The number of hydrogen-bond acceptors (Lipinski definition) is 4. The number of urea groups is 1. The Labute approximate surface area is 154 Å². The van der Waals surface area contributed by atoms with Crippen LogP contribution in [-0.4, -0.2) is 16.0 Å². The van der Waals surface area contributed by atoms with Gasteiger partial charge in [-0.05, 0) is 43.2 Å². The molecule has 0 spiro atoms. The lowest BCUT2D eigenvalue weighted by molar-refractivity contribution is 0.254. The van der Waals surface area contributed by atoms with Crippen LogP contribution in [0, 0.1) is 13.8 Å². The molecule has 2 heterocycles. The number of rotatable bonds is 3.